The minimum Gasteiger partial charge on any atom is -0.396 e. The van der Waals surface area contributed by atoms with Gasteiger partial charge in [-0.3, -0.25) is 0 Å². The zero-order chi connectivity index (χ0) is 13.5. The maximum absolute atomic E-state index is 9.21. The van der Waals surface area contributed by atoms with E-state index in [1.807, 2.05) is 0 Å². The summed E-state index contributed by atoms with van der Waals surface area (Å²) in [5.74, 6) is 0.987. The Bertz CT molecular complexity index is 327. The van der Waals surface area contributed by atoms with Crippen LogP contribution in [0.4, 0.5) is 0 Å². The van der Waals surface area contributed by atoms with Crippen molar-refractivity contribution >= 4 is 0 Å². The van der Waals surface area contributed by atoms with Crippen LogP contribution < -0.4 is 0 Å². The Morgan fingerprint density at radius 1 is 1.17 bits per heavy atom. The van der Waals surface area contributed by atoms with Crippen molar-refractivity contribution in [3.8, 4) is 0 Å². The predicted octanol–water partition coefficient (Wildman–Crippen LogP) is 3.26. The fourth-order valence-corrected chi connectivity index (χ4v) is 2.14. The SMILES string of the molecule is CCC(CO)CN(C)Cc1ccc(C(C)C)cc1. The summed E-state index contributed by atoms with van der Waals surface area (Å²) in [4.78, 5) is 2.29. The summed E-state index contributed by atoms with van der Waals surface area (Å²) < 4.78 is 0. The van der Waals surface area contributed by atoms with E-state index in [9.17, 15) is 5.11 Å². The van der Waals surface area contributed by atoms with E-state index in [1.165, 1.54) is 11.1 Å². The van der Waals surface area contributed by atoms with Crippen molar-refractivity contribution in [2.75, 3.05) is 20.2 Å². The molecule has 102 valence electrons. The summed E-state index contributed by atoms with van der Waals surface area (Å²) in [6.07, 6.45) is 1.03. The van der Waals surface area contributed by atoms with E-state index in [4.69, 9.17) is 0 Å². The van der Waals surface area contributed by atoms with Gasteiger partial charge >= 0.3 is 0 Å². The van der Waals surface area contributed by atoms with Gasteiger partial charge in [-0.1, -0.05) is 45.0 Å². The summed E-state index contributed by atoms with van der Waals surface area (Å²) in [5, 5.41) is 9.21. The second-order valence-electron chi connectivity index (χ2n) is 5.55. The molecule has 0 aliphatic rings. The van der Waals surface area contributed by atoms with Gasteiger partial charge in [0.1, 0.15) is 0 Å². The Labute approximate surface area is 112 Å². The maximum Gasteiger partial charge on any atom is 0.0471 e. The van der Waals surface area contributed by atoms with E-state index in [0.717, 1.165) is 19.5 Å². The summed E-state index contributed by atoms with van der Waals surface area (Å²) in [7, 11) is 2.12. The van der Waals surface area contributed by atoms with Gasteiger partial charge in [0.2, 0.25) is 0 Å². The zero-order valence-electron chi connectivity index (χ0n) is 12.2. The fraction of sp³-hybridized carbons (Fsp3) is 0.625. The molecule has 0 amide bonds. The quantitative estimate of drug-likeness (QED) is 0.802. The molecule has 1 unspecified atom stereocenters. The molecule has 0 aliphatic heterocycles. The molecule has 0 aromatic heterocycles. The Kier molecular flexibility index (Phi) is 6.37. The second kappa shape index (κ2) is 7.55. The van der Waals surface area contributed by atoms with Crippen molar-refractivity contribution in [3.63, 3.8) is 0 Å². The molecular formula is C16H27NO. The molecule has 0 aliphatic carbocycles. The molecule has 2 nitrogen and oxygen atoms in total. The molecule has 18 heavy (non-hydrogen) atoms. The molecule has 1 atom stereocenters. The van der Waals surface area contributed by atoms with Crippen LogP contribution in [0.3, 0.4) is 0 Å². The van der Waals surface area contributed by atoms with Crippen LogP contribution in [0.5, 0.6) is 0 Å². The summed E-state index contributed by atoms with van der Waals surface area (Å²) >= 11 is 0. The first kappa shape index (κ1) is 15.2. The van der Waals surface area contributed by atoms with Gasteiger partial charge in [0.25, 0.3) is 0 Å². The first-order valence-corrected chi connectivity index (χ1v) is 6.95. The van der Waals surface area contributed by atoms with E-state index in [2.05, 4.69) is 57.0 Å². The van der Waals surface area contributed by atoms with Crippen LogP contribution in [-0.4, -0.2) is 30.2 Å². The Morgan fingerprint density at radius 3 is 2.22 bits per heavy atom. The van der Waals surface area contributed by atoms with Crippen molar-refractivity contribution < 1.29 is 5.11 Å². The van der Waals surface area contributed by atoms with Gasteiger partial charge < -0.3 is 10.0 Å². The Hall–Kier alpha value is -0.860. The lowest BCUT2D eigenvalue weighted by atomic mass is 10.0. The highest BCUT2D eigenvalue weighted by atomic mass is 16.3. The average molecular weight is 249 g/mol. The standard InChI is InChI=1S/C16H27NO/c1-5-14(12-18)10-17(4)11-15-6-8-16(9-7-15)13(2)3/h6-9,13-14,18H,5,10-12H2,1-4H3. The van der Waals surface area contributed by atoms with Crippen LogP contribution in [0.1, 0.15) is 44.2 Å². The first-order chi connectivity index (χ1) is 8.56. The van der Waals surface area contributed by atoms with Crippen LogP contribution in [0, 0.1) is 5.92 Å². The van der Waals surface area contributed by atoms with E-state index < -0.39 is 0 Å². The number of hydrogen-bond donors (Lipinski definition) is 1. The molecule has 1 aromatic carbocycles. The first-order valence-electron chi connectivity index (χ1n) is 6.95. The third-order valence-corrected chi connectivity index (χ3v) is 3.50. The van der Waals surface area contributed by atoms with E-state index >= 15 is 0 Å². The molecule has 0 saturated heterocycles. The van der Waals surface area contributed by atoms with Crippen molar-refractivity contribution in [3.05, 3.63) is 35.4 Å². The predicted molar refractivity (Wildman–Crippen MR) is 77.7 cm³/mol. The molecule has 0 radical (unpaired) electrons. The number of rotatable bonds is 7. The molecule has 0 saturated carbocycles. The van der Waals surface area contributed by atoms with Crippen molar-refractivity contribution in [2.45, 2.75) is 39.7 Å². The minimum absolute atomic E-state index is 0.285. The zero-order valence-corrected chi connectivity index (χ0v) is 12.2. The number of benzene rings is 1. The number of aliphatic hydroxyl groups excluding tert-OH is 1. The van der Waals surface area contributed by atoms with Gasteiger partial charge in [-0.15, -0.1) is 0 Å². The Morgan fingerprint density at radius 2 is 1.78 bits per heavy atom. The van der Waals surface area contributed by atoms with Crippen LogP contribution in [-0.2, 0) is 6.54 Å². The third-order valence-electron chi connectivity index (χ3n) is 3.50. The summed E-state index contributed by atoms with van der Waals surface area (Å²) in [5.41, 5.74) is 2.73. The average Bonchev–Trinajstić information content (AvgIpc) is 2.36. The second-order valence-corrected chi connectivity index (χ2v) is 5.55. The van der Waals surface area contributed by atoms with Crippen molar-refractivity contribution in [1.29, 1.82) is 0 Å². The summed E-state index contributed by atoms with van der Waals surface area (Å²) in [6.45, 7) is 8.76. The van der Waals surface area contributed by atoms with Crippen LogP contribution >= 0.6 is 0 Å². The van der Waals surface area contributed by atoms with Gasteiger partial charge in [-0.05, 0) is 36.4 Å². The lowest BCUT2D eigenvalue weighted by Gasteiger charge is -2.22. The monoisotopic (exact) mass is 249 g/mol. The lowest BCUT2D eigenvalue weighted by Crippen LogP contribution is -2.26. The van der Waals surface area contributed by atoms with Gasteiger partial charge in [-0.25, -0.2) is 0 Å². The topological polar surface area (TPSA) is 23.5 Å². The fourth-order valence-electron chi connectivity index (χ4n) is 2.14. The Balaban J connectivity index is 2.51. The maximum atomic E-state index is 9.21. The van der Waals surface area contributed by atoms with Gasteiger partial charge in [0.15, 0.2) is 0 Å². The lowest BCUT2D eigenvalue weighted by molar-refractivity contribution is 0.173. The highest BCUT2D eigenvalue weighted by molar-refractivity contribution is 5.24. The number of aliphatic hydroxyl groups is 1. The van der Waals surface area contributed by atoms with Crippen LogP contribution in [0.25, 0.3) is 0 Å². The molecule has 0 fully saturated rings. The highest BCUT2D eigenvalue weighted by Gasteiger charge is 2.09. The third kappa shape index (κ3) is 4.79. The van der Waals surface area contributed by atoms with Crippen LogP contribution in [0.15, 0.2) is 24.3 Å². The molecule has 1 rings (SSSR count). The highest BCUT2D eigenvalue weighted by Crippen LogP contribution is 2.15. The largest absolute Gasteiger partial charge is 0.396 e. The molecule has 1 N–H and O–H groups in total. The molecule has 1 aromatic rings. The van der Waals surface area contributed by atoms with Gasteiger partial charge in [0, 0.05) is 19.7 Å². The van der Waals surface area contributed by atoms with Gasteiger partial charge in [0.05, 0.1) is 0 Å². The molecule has 2 heteroatoms. The van der Waals surface area contributed by atoms with E-state index in [-0.39, 0.29) is 6.61 Å². The molecule has 0 bridgehead atoms. The summed E-state index contributed by atoms with van der Waals surface area (Å²) in [6, 6.07) is 8.87. The van der Waals surface area contributed by atoms with Crippen molar-refractivity contribution in [1.82, 2.24) is 4.90 Å². The number of hydrogen-bond acceptors (Lipinski definition) is 2. The normalized spacial score (nSPS) is 13.3. The van der Waals surface area contributed by atoms with Crippen molar-refractivity contribution in [2.24, 2.45) is 5.92 Å². The molecule has 0 spiro atoms. The number of nitrogens with zero attached hydrogens (tertiary/aromatic N) is 1. The minimum atomic E-state index is 0.285. The smallest absolute Gasteiger partial charge is 0.0471 e. The molecular weight excluding hydrogens is 222 g/mol. The van der Waals surface area contributed by atoms with Gasteiger partial charge in [-0.2, -0.15) is 0 Å². The van der Waals surface area contributed by atoms with E-state index in [0.29, 0.717) is 11.8 Å². The van der Waals surface area contributed by atoms with Crippen LogP contribution in [0.2, 0.25) is 0 Å². The molecule has 0 heterocycles. The van der Waals surface area contributed by atoms with E-state index in [1.54, 1.807) is 0 Å².